The van der Waals surface area contributed by atoms with E-state index in [0.717, 1.165) is 0 Å². The molecule has 130 valence electrons. The van der Waals surface area contributed by atoms with Gasteiger partial charge in [-0.1, -0.05) is 24.3 Å². The smallest absolute Gasteiger partial charge is 0.337 e. The molecule has 0 fully saturated rings. The van der Waals surface area contributed by atoms with Crippen LogP contribution >= 0.6 is 0 Å². The second-order valence-electron chi connectivity index (χ2n) is 5.31. The Kier molecular flexibility index (Phi) is 5.19. The summed E-state index contributed by atoms with van der Waals surface area (Å²) in [4.78, 5) is 32.0. The zero-order chi connectivity index (χ0) is 18.4. The summed E-state index contributed by atoms with van der Waals surface area (Å²) < 4.78 is 4.69. The quantitative estimate of drug-likeness (QED) is 0.688. The van der Waals surface area contributed by atoms with E-state index in [1.54, 1.807) is 36.4 Å². The molecule has 0 saturated carbocycles. The Labute approximate surface area is 150 Å². The molecule has 0 saturated heterocycles. The molecule has 2 N–H and O–H groups in total. The number of nitrogens with one attached hydrogen (secondary N) is 2. The Morgan fingerprint density at radius 2 is 1.58 bits per heavy atom. The van der Waals surface area contributed by atoms with E-state index in [4.69, 9.17) is 0 Å². The van der Waals surface area contributed by atoms with Crippen molar-refractivity contribution in [2.24, 2.45) is 0 Å². The first-order chi connectivity index (χ1) is 12.7. The van der Waals surface area contributed by atoms with Gasteiger partial charge in [-0.25, -0.2) is 14.8 Å². The molecular formula is C19H16N4O3. The van der Waals surface area contributed by atoms with Crippen LogP contribution < -0.4 is 10.6 Å². The van der Waals surface area contributed by atoms with Crippen molar-refractivity contribution >= 4 is 29.2 Å². The Balaban J connectivity index is 1.68. The van der Waals surface area contributed by atoms with Gasteiger partial charge in [-0.05, 0) is 30.3 Å². The van der Waals surface area contributed by atoms with Crippen LogP contribution in [0.4, 0.5) is 17.3 Å². The third kappa shape index (κ3) is 4.21. The number of aromatic nitrogens is 2. The van der Waals surface area contributed by atoms with Gasteiger partial charge in [0.2, 0.25) is 5.95 Å². The average molecular weight is 348 g/mol. The fourth-order valence-electron chi connectivity index (χ4n) is 2.21. The number of ether oxygens (including phenoxy) is 1. The molecule has 0 unspecified atom stereocenters. The summed E-state index contributed by atoms with van der Waals surface area (Å²) in [5.41, 5.74) is 2.08. The van der Waals surface area contributed by atoms with Crippen LogP contribution in [0.1, 0.15) is 20.7 Å². The molecule has 1 heterocycles. The third-order valence-electron chi connectivity index (χ3n) is 3.49. The van der Waals surface area contributed by atoms with E-state index in [9.17, 15) is 9.59 Å². The number of rotatable bonds is 5. The van der Waals surface area contributed by atoms with Crippen molar-refractivity contribution in [2.45, 2.75) is 0 Å². The molecule has 0 aliphatic carbocycles. The van der Waals surface area contributed by atoms with Crippen LogP contribution in [0.15, 0.2) is 67.0 Å². The maximum absolute atomic E-state index is 12.2. The lowest BCUT2D eigenvalue weighted by Gasteiger charge is -2.07. The molecule has 1 aromatic heterocycles. The molecule has 7 nitrogen and oxygen atoms in total. The van der Waals surface area contributed by atoms with Crippen molar-refractivity contribution in [2.75, 3.05) is 17.7 Å². The van der Waals surface area contributed by atoms with Gasteiger partial charge in [-0.2, -0.15) is 0 Å². The van der Waals surface area contributed by atoms with Gasteiger partial charge in [0.15, 0.2) is 0 Å². The summed E-state index contributed by atoms with van der Waals surface area (Å²) in [6, 6.07) is 15.9. The van der Waals surface area contributed by atoms with Crippen molar-refractivity contribution in [3.05, 3.63) is 78.1 Å². The minimum Gasteiger partial charge on any atom is -0.465 e. The van der Waals surface area contributed by atoms with E-state index in [2.05, 4.69) is 25.3 Å². The molecule has 3 rings (SSSR count). The largest absolute Gasteiger partial charge is 0.465 e. The van der Waals surface area contributed by atoms with Crippen LogP contribution in [-0.4, -0.2) is 29.0 Å². The van der Waals surface area contributed by atoms with Crippen molar-refractivity contribution < 1.29 is 14.3 Å². The molecule has 0 aliphatic heterocycles. The van der Waals surface area contributed by atoms with Crippen LogP contribution in [0.2, 0.25) is 0 Å². The first-order valence-corrected chi connectivity index (χ1v) is 7.79. The number of esters is 1. The highest BCUT2D eigenvalue weighted by Gasteiger charge is 2.09. The van der Waals surface area contributed by atoms with E-state index in [0.29, 0.717) is 28.5 Å². The number of carbonyl (C=O) groups excluding carboxylic acids is 2. The van der Waals surface area contributed by atoms with Crippen LogP contribution in [0.3, 0.4) is 0 Å². The van der Waals surface area contributed by atoms with Crippen molar-refractivity contribution in [1.82, 2.24) is 9.97 Å². The van der Waals surface area contributed by atoms with Gasteiger partial charge >= 0.3 is 5.97 Å². The van der Waals surface area contributed by atoms with E-state index >= 15 is 0 Å². The molecular weight excluding hydrogens is 332 g/mol. The second kappa shape index (κ2) is 7.89. The zero-order valence-corrected chi connectivity index (χ0v) is 14.0. The SMILES string of the molecule is COC(=O)c1cccc(Nc2ncc(C(=O)Nc3ccccc3)cn2)c1. The second-order valence-corrected chi connectivity index (χ2v) is 5.31. The number of anilines is 3. The normalized spacial score (nSPS) is 10.0. The van der Waals surface area contributed by atoms with Gasteiger partial charge in [-0.15, -0.1) is 0 Å². The Bertz CT molecular complexity index is 912. The number of nitrogens with zero attached hydrogens (tertiary/aromatic N) is 2. The Hall–Kier alpha value is -3.74. The summed E-state index contributed by atoms with van der Waals surface area (Å²) in [6.07, 6.45) is 2.86. The lowest BCUT2D eigenvalue weighted by atomic mass is 10.2. The molecule has 7 heteroatoms. The number of methoxy groups -OCH3 is 1. The molecule has 0 bridgehead atoms. The number of carbonyl (C=O) groups is 2. The topological polar surface area (TPSA) is 93.2 Å². The number of hydrogen-bond acceptors (Lipinski definition) is 6. The van der Waals surface area contributed by atoms with Gasteiger partial charge in [0.25, 0.3) is 5.91 Å². The molecule has 0 atom stereocenters. The van der Waals surface area contributed by atoms with Gasteiger partial charge < -0.3 is 15.4 Å². The summed E-state index contributed by atoms with van der Waals surface area (Å²) >= 11 is 0. The van der Waals surface area contributed by atoms with Gasteiger partial charge in [0.1, 0.15) is 0 Å². The van der Waals surface area contributed by atoms with Crippen molar-refractivity contribution in [3.63, 3.8) is 0 Å². The van der Waals surface area contributed by atoms with Crippen LogP contribution in [0, 0.1) is 0 Å². The highest BCUT2D eigenvalue weighted by atomic mass is 16.5. The maximum atomic E-state index is 12.2. The number of amides is 1. The summed E-state index contributed by atoms with van der Waals surface area (Å²) in [6.45, 7) is 0. The van der Waals surface area contributed by atoms with E-state index in [1.807, 2.05) is 18.2 Å². The predicted molar refractivity (Wildman–Crippen MR) is 97.5 cm³/mol. The number of benzene rings is 2. The monoisotopic (exact) mass is 348 g/mol. The highest BCUT2D eigenvalue weighted by Crippen LogP contribution is 2.15. The molecule has 0 radical (unpaired) electrons. The summed E-state index contributed by atoms with van der Waals surface area (Å²) in [5.74, 6) is -0.416. The molecule has 1 amide bonds. The van der Waals surface area contributed by atoms with Crippen molar-refractivity contribution in [1.29, 1.82) is 0 Å². The van der Waals surface area contributed by atoms with E-state index in [1.165, 1.54) is 19.5 Å². The van der Waals surface area contributed by atoms with Crippen LogP contribution in [-0.2, 0) is 4.74 Å². The van der Waals surface area contributed by atoms with Crippen LogP contribution in [0.5, 0.6) is 0 Å². The zero-order valence-electron chi connectivity index (χ0n) is 14.0. The van der Waals surface area contributed by atoms with Gasteiger partial charge in [0.05, 0.1) is 18.2 Å². The van der Waals surface area contributed by atoms with Crippen LogP contribution in [0.25, 0.3) is 0 Å². The summed E-state index contributed by atoms with van der Waals surface area (Å²) in [7, 11) is 1.32. The first-order valence-electron chi connectivity index (χ1n) is 7.79. The maximum Gasteiger partial charge on any atom is 0.337 e. The summed E-state index contributed by atoms with van der Waals surface area (Å²) in [5, 5.41) is 5.74. The molecule has 0 spiro atoms. The number of para-hydroxylation sites is 1. The molecule has 0 aliphatic rings. The fraction of sp³-hybridized carbons (Fsp3) is 0.0526. The first kappa shape index (κ1) is 17.1. The Morgan fingerprint density at radius 3 is 2.27 bits per heavy atom. The van der Waals surface area contributed by atoms with Gasteiger partial charge in [-0.3, -0.25) is 4.79 Å². The van der Waals surface area contributed by atoms with Gasteiger partial charge in [0, 0.05) is 23.8 Å². The lowest BCUT2D eigenvalue weighted by molar-refractivity contribution is 0.0600. The minimum atomic E-state index is -0.428. The standard InChI is InChI=1S/C19H16N4O3/c1-26-18(25)13-6-5-9-16(10-13)23-19-20-11-14(12-21-19)17(24)22-15-7-3-2-4-8-15/h2-12H,1H3,(H,22,24)(H,20,21,23). The van der Waals surface area contributed by atoms with E-state index in [-0.39, 0.29) is 5.91 Å². The fourth-order valence-corrected chi connectivity index (χ4v) is 2.21. The molecule has 26 heavy (non-hydrogen) atoms. The molecule has 2 aromatic carbocycles. The average Bonchev–Trinajstić information content (AvgIpc) is 2.69. The predicted octanol–water partition coefficient (Wildman–Crippen LogP) is 3.26. The van der Waals surface area contributed by atoms with E-state index < -0.39 is 5.97 Å². The van der Waals surface area contributed by atoms with Crippen molar-refractivity contribution in [3.8, 4) is 0 Å². The highest BCUT2D eigenvalue weighted by molar-refractivity contribution is 6.03. The number of hydrogen-bond donors (Lipinski definition) is 2. The lowest BCUT2D eigenvalue weighted by Crippen LogP contribution is -2.13. The Morgan fingerprint density at radius 1 is 0.885 bits per heavy atom. The minimum absolute atomic E-state index is 0.296. The molecule has 3 aromatic rings. The third-order valence-corrected chi connectivity index (χ3v) is 3.49.